The van der Waals surface area contributed by atoms with E-state index in [1.54, 1.807) is 22.2 Å². The van der Waals surface area contributed by atoms with Gasteiger partial charge in [-0.3, -0.25) is 4.68 Å². The van der Waals surface area contributed by atoms with E-state index in [9.17, 15) is 0 Å². The Hall–Kier alpha value is -1.54. The second-order valence-electron chi connectivity index (χ2n) is 3.47. The Morgan fingerprint density at radius 1 is 1.41 bits per heavy atom. The summed E-state index contributed by atoms with van der Waals surface area (Å²) >= 11 is 4.99. The molecule has 0 aliphatic carbocycles. The molecule has 0 saturated carbocycles. The highest BCUT2D eigenvalue weighted by atomic mass is 79.9. The van der Waals surface area contributed by atoms with Crippen LogP contribution in [0.3, 0.4) is 0 Å². The SMILES string of the molecule is Cn1cc(-c2nc(N)nc3c(Br)csc23)nn1. The Morgan fingerprint density at radius 3 is 2.94 bits per heavy atom. The number of nitrogen functional groups attached to an aromatic ring is 1. The Labute approximate surface area is 109 Å². The highest BCUT2D eigenvalue weighted by Crippen LogP contribution is 2.34. The molecular formula is C9H7BrN6S. The first kappa shape index (κ1) is 10.6. The van der Waals surface area contributed by atoms with Crippen LogP contribution in [0.15, 0.2) is 16.0 Å². The van der Waals surface area contributed by atoms with Crippen molar-refractivity contribution in [3.8, 4) is 11.4 Å². The number of aryl methyl sites for hydroxylation is 1. The fraction of sp³-hybridized carbons (Fsp3) is 0.111. The molecule has 0 bridgehead atoms. The maximum Gasteiger partial charge on any atom is 0.221 e. The third-order valence-electron chi connectivity index (χ3n) is 2.23. The van der Waals surface area contributed by atoms with Crippen LogP contribution in [0.2, 0.25) is 0 Å². The predicted octanol–water partition coefficient (Wildman–Crippen LogP) is 1.83. The van der Waals surface area contributed by atoms with Gasteiger partial charge in [-0.05, 0) is 15.9 Å². The van der Waals surface area contributed by atoms with Crippen molar-refractivity contribution >= 4 is 43.4 Å². The van der Waals surface area contributed by atoms with Gasteiger partial charge < -0.3 is 5.73 Å². The zero-order valence-electron chi connectivity index (χ0n) is 8.75. The highest BCUT2D eigenvalue weighted by Gasteiger charge is 2.15. The number of thiophene rings is 1. The Kier molecular flexibility index (Phi) is 2.33. The van der Waals surface area contributed by atoms with Gasteiger partial charge in [-0.15, -0.1) is 16.4 Å². The minimum Gasteiger partial charge on any atom is -0.368 e. The molecule has 3 aromatic heterocycles. The third-order valence-corrected chi connectivity index (χ3v) is 4.12. The summed E-state index contributed by atoms with van der Waals surface area (Å²) in [5, 5.41) is 9.90. The van der Waals surface area contributed by atoms with Crippen LogP contribution in [0.4, 0.5) is 5.95 Å². The Morgan fingerprint density at radius 2 is 2.24 bits per heavy atom. The van der Waals surface area contributed by atoms with Gasteiger partial charge in [0.15, 0.2) is 0 Å². The maximum absolute atomic E-state index is 5.70. The van der Waals surface area contributed by atoms with Crippen molar-refractivity contribution in [3.05, 3.63) is 16.0 Å². The van der Waals surface area contributed by atoms with E-state index in [0.717, 1.165) is 20.4 Å². The predicted molar refractivity (Wildman–Crippen MR) is 69.5 cm³/mol. The summed E-state index contributed by atoms with van der Waals surface area (Å²) in [6.07, 6.45) is 1.80. The first-order chi connectivity index (χ1) is 8.15. The maximum atomic E-state index is 5.70. The summed E-state index contributed by atoms with van der Waals surface area (Å²) in [4.78, 5) is 8.44. The molecule has 6 nitrogen and oxygen atoms in total. The molecule has 86 valence electrons. The molecule has 0 radical (unpaired) electrons. The normalized spacial score (nSPS) is 11.2. The molecule has 3 rings (SSSR count). The molecule has 3 heterocycles. The summed E-state index contributed by atoms with van der Waals surface area (Å²) in [6, 6.07) is 0. The summed E-state index contributed by atoms with van der Waals surface area (Å²) in [6.45, 7) is 0. The van der Waals surface area contributed by atoms with Crippen LogP contribution < -0.4 is 5.73 Å². The molecule has 0 fully saturated rings. The molecule has 0 aromatic carbocycles. The lowest BCUT2D eigenvalue weighted by atomic mass is 10.3. The first-order valence-electron chi connectivity index (χ1n) is 4.72. The van der Waals surface area contributed by atoms with E-state index in [4.69, 9.17) is 5.73 Å². The Bertz CT molecular complexity index is 703. The number of hydrogen-bond acceptors (Lipinski definition) is 6. The van der Waals surface area contributed by atoms with E-state index < -0.39 is 0 Å². The van der Waals surface area contributed by atoms with E-state index in [2.05, 4.69) is 36.2 Å². The number of rotatable bonds is 1. The van der Waals surface area contributed by atoms with Crippen LogP contribution >= 0.6 is 27.3 Å². The Balaban J connectivity index is 2.35. The molecular weight excluding hydrogens is 304 g/mol. The standard InChI is InChI=1S/C9H7BrN6S/c1-16-2-5(14-15-16)7-8-6(4(10)3-17-8)12-9(11)13-7/h2-3H,1H3,(H2,11,12,13). The summed E-state index contributed by atoms with van der Waals surface area (Å²) in [5.74, 6) is 0.234. The van der Waals surface area contributed by atoms with Gasteiger partial charge in [0, 0.05) is 12.4 Å². The van der Waals surface area contributed by atoms with Crippen LogP contribution in [-0.2, 0) is 7.05 Å². The van der Waals surface area contributed by atoms with E-state index in [0.29, 0.717) is 5.69 Å². The zero-order chi connectivity index (χ0) is 12.0. The van der Waals surface area contributed by atoms with Crippen LogP contribution in [0, 0.1) is 0 Å². The second-order valence-corrected chi connectivity index (χ2v) is 5.20. The largest absolute Gasteiger partial charge is 0.368 e. The molecule has 17 heavy (non-hydrogen) atoms. The van der Waals surface area contributed by atoms with Crippen LogP contribution in [0.5, 0.6) is 0 Å². The molecule has 8 heteroatoms. The van der Waals surface area contributed by atoms with Crippen LogP contribution in [0.25, 0.3) is 21.6 Å². The lowest BCUT2D eigenvalue weighted by Gasteiger charge is -1.99. The summed E-state index contributed by atoms with van der Waals surface area (Å²) in [7, 11) is 1.81. The fourth-order valence-electron chi connectivity index (χ4n) is 1.54. The van der Waals surface area contributed by atoms with Gasteiger partial charge in [0.1, 0.15) is 16.9 Å². The first-order valence-corrected chi connectivity index (χ1v) is 6.39. The van der Waals surface area contributed by atoms with E-state index in [1.807, 2.05) is 12.4 Å². The van der Waals surface area contributed by atoms with Gasteiger partial charge >= 0.3 is 0 Å². The zero-order valence-corrected chi connectivity index (χ0v) is 11.2. The minimum atomic E-state index is 0.234. The minimum absolute atomic E-state index is 0.234. The van der Waals surface area contributed by atoms with Crippen LogP contribution in [-0.4, -0.2) is 25.0 Å². The smallest absolute Gasteiger partial charge is 0.221 e. The second kappa shape index (κ2) is 3.74. The summed E-state index contributed by atoms with van der Waals surface area (Å²) < 4.78 is 3.49. The number of nitrogens with zero attached hydrogens (tertiary/aromatic N) is 5. The van der Waals surface area contributed by atoms with Crippen molar-refractivity contribution in [1.82, 2.24) is 25.0 Å². The molecule has 0 spiro atoms. The number of nitrogens with two attached hydrogens (primary N) is 1. The third kappa shape index (κ3) is 1.69. The van der Waals surface area contributed by atoms with Crippen molar-refractivity contribution in [2.45, 2.75) is 0 Å². The number of halogens is 1. The lowest BCUT2D eigenvalue weighted by Crippen LogP contribution is -1.96. The molecule has 0 aliphatic heterocycles. The van der Waals surface area contributed by atoms with Gasteiger partial charge in [-0.2, -0.15) is 0 Å². The van der Waals surface area contributed by atoms with Gasteiger partial charge in [-0.1, -0.05) is 5.21 Å². The van der Waals surface area contributed by atoms with Crippen molar-refractivity contribution in [1.29, 1.82) is 0 Å². The number of hydrogen-bond donors (Lipinski definition) is 1. The average molecular weight is 311 g/mol. The topological polar surface area (TPSA) is 82.5 Å². The molecule has 3 aromatic rings. The van der Waals surface area contributed by atoms with Crippen LogP contribution in [0.1, 0.15) is 0 Å². The molecule has 2 N–H and O–H groups in total. The fourth-order valence-corrected chi connectivity index (χ4v) is 3.10. The molecule has 0 aliphatic rings. The molecule has 0 amide bonds. The van der Waals surface area contributed by atoms with E-state index in [-0.39, 0.29) is 5.95 Å². The van der Waals surface area contributed by atoms with E-state index in [1.165, 1.54) is 0 Å². The quantitative estimate of drug-likeness (QED) is 0.741. The van der Waals surface area contributed by atoms with Gasteiger partial charge in [0.2, 0.25) is 5.95 Å². The molecule has 0 unspecified atom stereocenters. The van der Waals surface area contributed by atoms with Crippen molar-refractivity contribution in [3.63, 3.8) is 0 Å². The highest BCUT2D eigenvalue weighted by molar-refractivity contribution is 9.10. The molecule has 0 saturated heterocycles. The molecule has 0 atom stereocenters. The lowest BCUT2D eigenvalue weighted by molar-refractivity contribution is 0.715. The van der Waals surface area contributed by atoms with Gasteiger partial charge in [0.05, 0.1) is 15.4 Å². The van der Waals surface area contributed by atoms with Crippen molar-refractivity contribution in [2.75, 3.05) is 5.73 Å². The monoisotopic (exact) mass is 310 g/mol. The average Bonchev–Trinajstić information content (AvgIpc) is 2.86. The van der Waals surface area contributed by atoms with Crippen molar-refractivity contribution < 1.29 is 0 Å². The number of fused-ring (bicyclic) bond motifs is 1. The van der Waals surface area contributed by atoms with Gasteiger partial charge in [-0.25, -0.2) is 9.97 Å². The summed E-state index contributed by atoms with van der Waals surface area (Å²) in [5.41, 5.74) is 7.93. The van der Waals surface area contributed by atoms with Crippen molar-refractivity contribution in [2.24, 2.45) is 7.05 Å². The number of anilines is 1. The number of aromatic nitrogens is 5. The van der Waals surface area contributed by atoms with Gasteiger partial charge in [0.25, 0.3) is 0 Å². The van der Waals surface area contributed by atoms with E-state index >= 15 is 0 Å².